The molecule has 40 heavy (non-hydrogen) atoms. The predicted molar refractivity (Wildman–Crippen MR) is 152 cm³/mol. The quantitative estimate of drug-likeness (QED) is 0.386. The largest absolute Gasteiger partial charge is 0.491 e. The van der Waals surface area contributed by atoms with Gasteiger partial charge in [-0.3, -0.25) is 9.69 Å². The number of anilines is 3. The number of hydrogen-bond donors (Lipinski definition) is 2. The van der Waals surface area contributed by atoms with Gasteiger partial charge >= 0.3 is 0 Å². The van der Waals surface area contributed by atoms with Gasteiger partial charge in [0.2, 0.25) is 10.0 Å². The second kappa shape index (κ2) is 11.9. The Balaban J connectivity index is 1.33. The van der Waals surface area contributed by atoms with Crippen LogP contribution >= 0.6 is 11.6 Å². The number of fused-ring (bicyclic) bond motifs is 1. The molecule has 1 amide bonds. The smallest absolute Gasteiger partial charge is 0.300 e. The van der Waals surface area contributed by atoms with Gasteiger partial charge in [-0.25, -0.2) is 22.8 Å². The third-order valence-corrected chi connectivity index (χ3v) is 8.24. The van der Waals surface area contributed by atoms with E-state index >= 15 is 0 Å². The standard InChI is InChI=1S/C27H28ClFN6O4S/c1-40(37,38)35-11-9-34(10-12-35)8-2-3-26(36)33-24-14-20-23(15-25(24)39-16-18-4-5-18)30-17-31-27(20)32-19-6-7-22(29)21(28)13-19/h6-7,13-15,17-18H,4-5,8-12,16H2,1H3,(H,33,36)(H,30,31,32). The lowest BCUT2D eigenvalue weighted by Gasteiger charge is -2.31. The molecule has 13 heteroatoms. The third-order valence-electron chi connectivity index (χ3n) is 6.64. The molecule has 1 aromatic heterocycles. The molecule has 0 radical (unpaired) electrons. The highest BCUT2D eigenvalue weighted by Gasteiger charge is 2.24. The molecule has 2 aromatic carbocycles. The van der Waals surface area contributed by atoms with Gasteiger partial charge in [0.1, 0.15) is 23.7 Å². The monoisotopic (exact) mass is 586 g/mol. The van der Waals surface area contributed by atoms with Crippen LogP contribution in [0.1, 0.15) is 12.8 Å². The maximum Gasteiger partial charge on any atom is 0.300 e. The molecule has 0 bridgehead atoms. The zero-order valence-corrected chi connectivity index (χ0v) is 23.4. The van der Waals surface area contributed by atoms with Crippen molar-refractivity contribution in [3.8, 4) is 17.6 Å². The first kappa shape index (κ1) is 28.0. The number of ether oxygens (including phenoxy) is 1. The number of carbonyl (C=O) groups excluding carboxylic acids is 1. The third kappa shape index (κ3) is 7.17. The molecule has 5 rings (SSSR count). The van der Waals surface area contributed by atoms with E-state index in [1.165, 1.54) is 29.0 Å². The fourth-order valence-corrected chi connectivity index (χ4v) is 5.21. The van der Waals surface area contributed by atoms with Gasteiger partial charge in [0.25, 0.3) is 5.91 Å². The summed E-state index contributed by atoms with van der Waals surface area (Å²) in [5.41, 5.74) is 1.55. The van der Waals surface area contributed by atoms with Crippen LogP contribution in [0.4, 0.5) is 21.6 Å². The van der Waals surface area contributed by atoms with Gasteiger partial charge in [0, 0.05) is 43.3 Å². The van der Waals surface area contributed by atoms with Crippen molar-refractivity contribution < 1.29 is 22.3 Å². The highest BCUT2D eigenvalue weighted by atomic mass is 35.5. The molecule has 1 aliphatic carbocycles. The molecule has 10 nitrogen and oxygen atoms in total. The molecule has 0 unspecified atom stereocenters. The lowest BCUT2D eigenvalue weighted by molar-refractivity contribution is -0.111. The summed E-state index contributed by atoms with van der Waals surface area (Å²) in [4.78, 5) is 23.5. The van der Waals surface area contributed by atoms with Gasteiger partial charge in [0.05, 0.1) is 35.6 Å². The lowest BCUT2D eigenvalue weighted by atomic mass is 10.1. The number of amides is 1. The van der Waals surface area contributed by atoms with E-state index in [4.69, 9.17) is 16.3 Å². The topological polar surface area (TPSA) is 117 Å². The Morgan fingerprint density at radius 1 is 1.18 bits per heavy atom. The normalized spacial score (nSPS) is 16.3. The average Bonchev–Trinajstić information content (AvgIpc) is 3.74. The van der Waals surface area contributed by atoms with Crippen LogP contribution in [-0.2, 0) is 14.8 Å². The van der Waals surface area contributed by atoms with Gasteiger partial charge in [-0.1, -0.05) is 17.5 Å². The van der Waals surface area contributed by atoms with Gasteiger partial charge < -0.3 is 15.4 Å². The summed E-state index contributed by atoms with van der Waals surface area (Å²) in [6.45, 7) is 2.76. The Bertz CT molecular complexity index is 1600. The number of carbonyl (C=O) groups is 1. The molecule has 0 spiro atoms. The molecular formula is C27H28ClFN6O4S. The van der Waals surface area contributed by atoms with Crippen molar-refractivity contribution in [2.45, 2.75) is 12.8 Å². The highest BCUT2D eigenvalue weighted by molar-refractivity contribution is 7.88. The lowest BCUT2D eigenvalue weighted by Crippen LogP contribution is -2.48. The molecule has 2 N–H and O–H groups in total. The Labute approximate surface area is 236 Å². The second-order valence-corrected chi connectivity index (χ2v) is 12.2. The van der Waals surface area contributed by atoms with E-state index in [0.717, 1.165) is 12.8 Å². The fourth-order valence-electron chi connectivity index (χ4n) is 4.21. The van der Waals surface area contributed by atoms with Crippen LogP contribution in [0, 0.1) is 23.6 Å². The number of sulfonamides is 1. The Kier molecular flexibility index (Phi) is 8.37. The minimum absolute atomic E-state index is 0.0251. The summed E-state index contributed by atoms with van der Waals surface area (Å²) in [6, 6.07) is 7.72. The minimum atomic E-state index is -3.21. The molecule has 2 aliphatic rings. The van der Waals surface area contributed by atoms with Crippen molar-refractivity contribution in [2.75, 3.05) is 56.2 Å². The molecular weight excluding hydrogens is 559 g/mol. The van der Waals surface area contributed by atoms with Crippen molar-refractivity contribution in [3.05, 3.63) is 47.5 Å². The van der Waals surface area contributed by atoms with Crippen LogP contribution in [0.5, 0.6) is 5.75 Å². The summed E-state index contributed by atoms with van der Waals surface area (Å²) in [6.07, 6.45) is 4.82. The van der Waals surface area contributed by atoms with Crippen LogP contribution in [-0.4, -0.2) is 79.1 Å². The molecule has 1 aliphatic heterocycles. The maximum atomic E-state index is 13.6. The average molecular weight is 587 g/mol. The first-order chi connectivity index (χ1) is 19.2. The second-order valence-electron chi connectivity index (χ2n) is 9.79. The summed E-state index contributed by atoms with van der Waals surface area (Å²) < 4.78 is 44.5. The molecule has 3 aromatic rings. The summed E-state index contributed by atoms with van der Waals surface area (Å²) >= 11 is 5.93. The number of nitrogens with zero attached hydrogens (tertiary/aromatic N) is 4. The number of hydrogen-bond acceptors (Lipinski definition) is 8. The van der Waals surface area contributed by atoms with Crippen LogP contribution in [0.15, 0.2) is 36.7 Å². The van der Waals surface area contributed by atoms with Crippen molar-refractivity contribution in [1.82, 2.24) is 19.2 Å². The summed E-state index contributed by atoms with van der Waals surface area (Å²) in [5.74, 6) is 5.85. The zero-order chi connectivity index (χ0) is 28.3. The number of nitrogens with one attached hydrogen (secondary N) is 2. The number of benzene rings is 2. The summed E-state index contributed by atoms with van der Waals surface area (Å²) in [5, 5.41) is 6.53. The van der Waals surface area contributed by atoms with Crippen molar-refractivity contribution in [3.63, 3.8) is 0 Å². The number of rotatable bonds is 8. The number of piperazine rings is 1. The Morgan fingerprint density at radius 3 is 2.65 bits per heavy atom. The molecule has 1 saturated heterocycles. The minimum Gasteiger partial charge on any atom is -0.491 e. The molecule has 0 atom stereocenters. The van der Waals surface area contributed by atoms with E-state index in [9.17, 15) is 17.6 Å². The van der Waals surface area contributed by atoms with Crippen LogP contribution in [0.25, 0.3) is 10.9 Å². The zero-order valence-electron chi connectivity index (χ0n) is 21.8. The van der Waals surface area contributed by atoms with E-state index in [0.29, 0.717) is 79.1 Å². The van der Waals surface area contributed by atoms with E-state index in [-0.39, 0.29) is 5.02 Å². The summed E-state index contributed by atoms with van der Waals surface area (Å²) in [7, 11) is -3.21. The van der Waals surface area contributed by atoms with Gasteiger partial charge in [-0.15, -0.1) is 0 Å². The fraction of sp³-hybridized carbons (Fsp3) is 0.370. The predicted octanol–water partition coefficient (Wildman–Crippen LogP) is 3.47. The van der Waals surface area contributed by atoms with E-state index < -0.39 is 21.7 Å². The van der Waals surface area contributed by atoms with Crippen LogP contribution < -0.4 is 15.4 Å². The maximum absolute atomic E-state index is 13.6. The Hall–Kier alpha value is -3.50. The van der Waals surface area contributed by atoms with Crippen LogP contribution in [0.2, 0.25) is 5.02 Å². The van der Waals surface area contributed by atoms with Crippen molar-refractivity contribution >= 4 is 55.6 Å². The van der Waals surface area contributed by atoms with Crippen LogP contribution in [0.3, 0.4) is 0 Å². The van der Waals surface area contributed by atoms with Gasteiger partial charge in [0.15, 0.2) is 0 Å². The Morgan fingerprint density at radius 2 is 1.95 bits per heavy atom. The first-order valence-electron chi connectivity index (χ1n) is 12.8. The van der Waals surface area contributed by atoms with Gasteiger partial charge in [-0.05, 0) is 48.9 Å². The van der Waals surface area contributed by atoms with E-state index in [2.05, 4.69) is 32.4 Å². The molecule has 210 valence electrons. The van der Waals surface area contributed by atoms with Crippen molar-refractivity contribution in [1.29, 1.82) is 0 Å². The van der Waals surface area contributed by atoms with Gasteiger partial charge in [-0.2, -0.15) is 4.31 Å². The van der Waals surface area contributed by atoms with Crippen molar-refractivity contribution in [2.24, 2.45) is 5.92 Å². The van der Waals surface area contributed by atoms with E-state index in [1.807, 2.05) is 4.90 Å². The number of aromatic nitrogens is 2. The number of halogens is 2. The SMILES string of the molecule is CS(=O)(=O)N1CCN(CC#CC(=O)Nc2cc3c(Nc4ccc(F)c(Cl)c4)ncnc3cc2OCC2CC2)CC1. The first-order valence-corrected chi connectivity index (χ1v) is 15.0. The van der Waals surface area contributed by atoms with E-state index in [1.54, 1.807) is 18.2 Å². The highest BCUT2D eigenvalue weighted by Crippen LogP contribution is 2.36. The molecule has 2 heterocycles. The molecule has 1 saturated carbocycles. The molecule has 2 fully saturated rings.